The molecule has 0 unspecified atom stereocenters. The van der Waals surface area contributed by atoms with Gasteiger partial charge >= 0.3 is 12.1 Å². The molecule has 0 saturated heterocycles. The molecule has 2 aliphatic rings. The fourth-order valence-electron chi connectivity index (χ4n) is 4.21. The van der Waals surface area contributed by atoms with Gasteiger partial charge in [-0.25, -0.2) is 4.79 Å². The standard InChI is InChI=1S/C17H26F4O2/c18-11-1-2-12-3-5-13(6-4-12)14-7-9-15(10-8-14)23-16(22)17(19,20)21/h12-15H,1-11H2. The lowest BCUT2D eigenvalue weighted by atomic mass is 9.70. The maximum atomic E-state index is 12.2. The summed E-state index contributed by atoms with van der Waals surface area (Å²) in [7, 11) is 0. The first-order valence-corrected chi connectivity index (χ1v) is 8.74. The third kappa shape index (κ3) is 5.64. The van der Waals surface area contributed by atoms with Crippen molar-refractivity contribution in [2.75, 3.05) is 6.67 Å². The number of rotatable bonds is 5. The summed E-state index contributed by atoms with van der Waals surface area (Å²) in [4.78, 5) is 10.9. The van der Waals surface area contributed by atoms with E-state index in [1.807, 2.05) is 0 Å². The van der Waals surface area contributed by atoms with Gasteiger partial charge in [-0.3, -0.25) is 4.39 Å². The van der Waals surface area contributed by atoms with Crippen LogP contribution in [0.5, 0.6) is 0 Å². The molecule has 0 atom stereocenters. The van der Waals surface area contributed by atoms with Crippen LogP contribution in [0.2, 0.25) is 0 Å². The van der Waals surface area contributed by atoms with Crippen molar-refractivity contribution >= 4 is 5.97 Å². The molecule has 0 aromatic rings. The van der Waals surface area contributed by atoms with E-state index in [9.17, 15) is 22.4 Å². The van der Waals surface area contributed by atoms with Crippen molar-refractivity contribution in [2.24, 2.45) is 17.8 Å². The van der Waals surface area contributed by atoms with Gasteiger partial charge in [0.05, 0.1) is 6.67 Å². The second-order valence-electron chi connectivity index (χ2n) is 7.05. The molecule has 2 nitrogen and oxygen atoms in total. The summed E-state index contributed by atoms with van der Waals surface area (Å²) in [6, 6.07) is 0. The average molecular weight is 338 g/mol. The monoisotopic (exact) mass is 338 g/mol. The Balaban J connectivity index is 1.68. The summed E-state index contributed by atoms with van der Waals surface area (Å²) in [6.07, 6.45) is 3.50. The number of alkyl halides is 4. The molecule has 0 radical (unpaired) electrons. The molecule has 23 heavy (non-hydrogen) atoms. The molecule has 2 aliphatic carbocycles. The van der Waals surface area contributed by atoms with Gasteiger partial charge in [0.1, 0.15) is 6.10 Å². The number of hydrogen-bond acceptors (Lipinski definition) is 2. The smallest absolute Gasteiger partial charge is 0.456 e. The van der Waals surface area contributed by atoms with E-state index in [0.29, 0.717) is 37.0 Å². The Labute approximate surface area is 135 Å². The molecule has 0 aliphatic heterocycles. The summed E-state index contributed by atoms with van der Waals surface area (Å²) in [5.74, 6) is -0.241. The van der Waals surface area contributed by atoms with Crippen molar-refractivity contribution in [3.05, 3.63) is 0 Å². The fourth-order valence-corrected chi connectivity index (χ4v) is 4.21. The van der Waals surface area contributed by atoms with Gasteiger partial charge in [0.25, 0.3) is 0 Å². The maximum Gasteiger partial charge on any atom is 0.490 e. The summed E-state index contributed by atoms with van der Waals surface area (Å²) in [6.45, 7) is -0.236. The van der Waals surface area contributed by atoms with Crippen LogP contribution in [0, 0.1) is 17.8 Å². The highest BCUT2D eigenvalue weighted by Gasteiger charge is 2.43. The van der Waals surface area contributed by atoms with E-state index in [4.69, 9.17) is 0 Å². The Hall–Kier alpha value is -0.810. The first-order chi connectivity index (χ1) is 10.9. The molecular formula is C17H26F4O2. The minimum absolute atomic E-state index is 0.236. The number of ether oxygens (including phenoxy) is 1. The van der Waals surface area contributed by atoms with Gasteiger partial charge in [-0.2, -0.15) is 13.2 Å². The quantitative estimate of drug-likeness (QED) is 0.508. The lowest BCUT2D eigenvalue weighted by Gasteiger charge is -2.37. The molecular weight excluding hydrogens is 312 g/mol. The number of esters is 1. The van der Waals surface area contributed by atoms with Crippen LogP contribution >= 0.6 is 0 Å². The Kier molecular flexibility index (Phi) is 6.72. The fraction of sp³-hybridized carbons (Fsp3) is 0.941. The second-order valence-corrected chi connectivity index (χ2v) is 7.05. The minimum atomic E-state index is -4.89. The zero-order valence-electron chi connectivity index (χ0n) is 13.4. The number of carbonyl (C=O) groups is 1. The van der Waals surface area contributed by atoms with E-state index < -0.39 is 18.2 Å². The van der Waals surface area contributed by atoms with Crippen LogP contribution in [0.1, 0.15) is 64.2 Å². The Bertz CT molecular complexity index is 367. The van der Waals surface area contributed by atoms with Crippen molar-refractivity contribution < 1.29 is 27.1 Å². The molecule has 0 aromatic heterocycles. The molecule has 0 amide bonds. The number of carbonyl (C=O) groups excluding carboxylic acids is 1. The predicted molar refractivity (Wildman–Crippen MR) is 78.6 cm³/mol. The van der Waals surface area contributed by atoms with E-state index in [0.717, 1.165) is 44.9 Å². The second kappa shape index (κ2) is 8.34. The summed E-state index contributed by atoms with van der Waals surface area (Å²) < 4.78 is 53.4. The van der Waals surface area contributed by atoms with E-state index in [1.165, 1.54) is 0 Å². The average Bonchev–Trinajstić information content (AvgIpc) is 2.53. The van der Waals surface area contributed by atoms with Crippen LogP contribution < -0.4 is 0 Å². The van der Waals surface area contributed by atoms with E-state index >= 15 is 0 Å². The summed E-state index contributed by atoms with van der Waals surface area (Å²) in [5, 5.41) is 0. The molecule has 134 valence electrons. The van der Waals surface area contributed by atoms with E-state index in [1.54, 1.807) is 0 Å². The molecule has 0 aromatic carbocycles. The van der Waals surface area contributed by atoms with Crippen molar-refractivity contribution in [2.45, 2.75) is 76.5 Å². The van der Waals surface area contributed by atoms with Crippen molar-refractivity contribution in [3.8, 4) is 0 Å². The van der Waals surface area contributed by atoms with Gasteiger partial charge in [0.15, 0.2) is 0 Å². The highest BCUT2D eigenvalue weighted by molar-refractivity contribution is 5.75. The van der Waals surface area contributed by atoms with Crippen LogP contribution in [0.3, 0.4) is 0 Å². The van der Waals surface area contributed by atoms with Gasteiger partial charge < -0.3 is 4.74 Å². The van der Waals surface area contributed by atoms with Crippen LogP contribution in [0.15, 0.2) is 0 Å². The SMILES string of the molecule is O=C(OC1CCC(C2CCC(CCCF)CC2)CC1)C(F)(F)F. The van der Waals surface area contributed by atoms with Crippen LogP contribution in [-0.4, -0.2) is 24.9 Å². The number of halogens is 4. The normalized spacial score (nSPS) is 32.5. The lowest BCUT2D eigenvalue weighted by molar-refractivity contribution is -0.206. The third-order valence-electron chi connectivity index (χ3n) is 5.53. The first-order valence-electron chi connectivity index (χ1n) is 8.74. The topological polar surface area (TPSA) is 26.3 Å². The van der Waals surface area contributed by atoms with Crippen LogP contribution in [0.4, 0.5) is 17.6 Å². The van der Waals surface area contributed by atoms with Crippen molar-refractivity contribution in [1.82, 2.24) is 0 Å². The Morgan fingerprint density at radius 3 is 1.91 bits per heavy atom. The first kappa shape index (κ1) is 18.5. The van der Waals surface area contributed by atoms with Crippen molar-refractivity contribution in [1.29, 1.82) is 0 Å². The highest BCUT2D eigenvalue weighted by Crippen LogP contribution is 2.41. The van der Waals surface area contributed by atoms with Gasteiger partial charge in [-0.1, -0.05) is 12.8 Å². The summed E-state index contributed by atoms with van der Waals surface area (Å²) in [5.41, 5.74) is 0. The zero-order valence-corrected chi connectivity index (χ0v) is 13.4. The summed E-state index contributed by atoms with van der Waals surface area (Å²) >= 11 is 0. The molecule has 6 heteroatoms. The van der Waals surface area contributed by atoms with Crippen LogP contribution in [-0.2, 0) is 9.53 Å². The third-order valence-corrected chi connectivity index (χ3v) is 5.53. The van der Waals surface area contributed by atoms with E-state index in [-0.39, 0.29) is 6.67 Å². The molecule has 2 fully saturated rings. The van der Waals surface area contributed by atoms with Gasteiger partial charge in [0.2, 0.25) is 0 Å². The largest absolute Gasteiger partial charge is 0.490 e. The molecule has 0 bridgehead atoms. The van der Waals surface area contributed by atoms with Gasteiger partial charge in [0, 0.05) is 0 Å². The Morgan fingerprint density at radius 1 is 0.913 bits per heavy atom. The lowest BCUT2D eigenvalue weighted by Crippen LogP contribution is -2.34. The number of hydrogen-bond donors (Lipinski definition) is 0. The molecule has 0 heterocycles. The van der Waals surface area contributed by atoms with Gasteiger partial charge in [-0.05, 0) is 69.1 Å². The molecule has 2 saturated carbocycles. The maximum absolute atomic E-state index is 12.2. The minimum Gasteiger partial charge on any atom is -0.456 e. The van der Waals surface area contributed by atoms with Gasteiger partial charge in [-0.15, -0.1) is 0 Å². The molecule has 0 N–H and O–H groups in total. The highest BCUT2D eigenvalue weighted by atomic mass is 19.4. The van der Waals surface area contributed by atoms with E-state index in [2.05, 4.69) is 4.74 Å². The van der Waals surface area contributed by atoms with Crippen molar-refractivity contribution in [3.63, 3.8) is 0 Å². The predicted octanol–water partition coefficient (Wildman–Crippen LogP) is 5.21. The zero-order chi connectivity index (χ0) is 16.9. The molecule has 2 rings (SSSR count). The van der Waals surface area contributed by atoms with Crippen LogP contribution in [0.25, 0.3) is 0 Å². The Morgan fingerprint density at radius 2 is 1.43 bits per heavy atom. The molecule has 0 spiro atoms.